The summed E-state index contributed by atoms with van der Waals surface area (Å²) in [5.41, 5.74) is 2.45. The molecule has 0 radical (unpaired) electrons. The molecular formula is C15H11Br2I. The van der Waals surface area contributed by atoms with Crippen molar-refractivity contribution in [2.24, 2.45) is 0 Å². The molecule has 18 heavy (non-hydrogen) atoms. The molecule has 0 spiro atoms. The minimum atomic E-state index is -0.195. The van der Waals surface area contributed by atoms with Gasteiger partial charge >= 0.3 is 0 Å². The molecule has 0 amide bonds. The summed E-state index contributed by atoms with van der Waals surface area (Å²) in [7, 11) is 0. The van der Waals surface area contributed by atoms with Gasteiger partial charge in [-0.25, -0.2) is 0 Å². The van der Waals surface area contributed by atoms with E-state index in [0.717, 1.165) is 8.95 Å². The minimum absolute atomic E-state index is 0.195. The maximum Gasteiger partial charge on any atom is 0.0896 e. The second kappa shape index (κ2) is 5.88. The second-order valence-electron chi connectivity index (χ2n) is 3.93. The number of benzene rings is 2. The van der Waals surface area contributed by atoms with Crippen LogP contribution in [-0.4, -0.2) is 0 Å². The Kier molecular flexibility index (Phi) is 4.67. The molecule has 3 heteroatoms. The Morgan fingerprint density at radius 2 is 1.17 bits per heavy atom. The van der Waals surface area contributed by atoms with Gasteiger partial charge in [-0.05, 0) is 35.4 Å². The molecule has 0 bridgehead atoms. The first-order valence-corrected chi connectivity index (χ1v) is 8.07. The molecule has 2 rings (SSSR count). The van der Waals surface area contributed by atoms with Crippen molar-refractivity contribution >= 4 is 54.5 Å². The molecule has 2 aromatic carbocycles. The molecule has 0 N–H and O–H groups in total. The van der Waals surface area contributed by atoms with E-state index in [1.165, 1.54) is 11.1 Å². The number of halogens is 3. The van der Waals surface area contributed by atoms with Gasteiger partial charge in [-0.1, -0.05) is 84.8 Å². The fraction of sp³-hybridized carbons (Fsp3) is 0.0667. The lowest BCUT2D eigenvalue weighted by Gasteiger charge is -2.25. The van der Waals surface area contributed by atoms with Crippen LogP contribution in [0.25, 0.3) is 0 Å². The van der Waals surface area contributed by atoms with E-state index in [0.29, 0.717) is 0 Å². The van der Waals surface area contributed by atoms with Gasteiger partial charge in [0.1, 0.15) is 0 Å². The van der Waals surface area contributed by atoms with Crippen molar-refractivity contribution in [3.63, 3.8) is 0 Å². The van der Waals surface area contributed by atoms with Gasteiger partial charge in [0.25, 0.3) is 0 Å². The van der Waals surface area contributed by atoms with Crippen LogP contribution in [0.1, 0.15) is 11.1 Å². The first-order chi connectivity index (χ1) is 8.56. The molecule has 0 aliphatic heterocycles. The van der Waals surface area contributed by atoms with Gasteiger partial charge in [0.2, 0.25) is 0 Å². The minimum Gasteiger partial charge on any atom is -0.101 e. The summed E-state index contributed by atoms with van der Waals surface area (Å²) < 4.78 is 1.98. The van der Waals surface area contributed by atoms with Gasteiger partial charge < -0.3 is 0 Å². The highest BCUT2D eigenvalue weighted by Gasteiger charge is 2.27. The number of allylic oxidation sites excluding steroid dienone is 1. The van der Waals surface area contributed by atoms with Crippen molar-refractivity contribution in [1.82, 2.24) is 0 Å². The Hall–Kier alpha value is -0.130. The van der Waals surface area contributed by atoms with Crippen molar-refractivity contribution < 1.29 is 0 Å². The van der Waals surface area contributed by atoms with Crippen molar-refractivity contribution in [1.29, 1.82) is 0 Å². The monoisotopic (exact) mass is 476 g/mol. The zero-order valence-electron chi connectivity index (χ0n) is 9.54. The smallest absolute Gasteiger partial charge is 0.0896 e. The number of hydrogen-bond donors (Lipinski definition) is 0. The Balaban J connectivity index is 2.50. The lowest BCUT2D eigenvalue weighted by atomic mass is 9.91. The van der Waals surface area contributed by atoms with Gasteiger partial charge in [-0.3, -0.25) is 0 Å². The quantitative estimate of drug-likeness (QED) is 0.286. The highest BCUT2D eigenvalue weighted by molar-refractivity contribution is 14.1. The maximum absolute atomic E-state index is 4.00. The van der Waals surface area contributed by atoms with Crippen LogP contribution in [0.4, 0.5) is 0 Å². The Bertz CT molecular complexity index is 498. The molecule has 0 saturated carbocycles. The Labute approximate surface area is 138 Å². The Morgan fingerprint density at radius 3 is 1.44 bits per heavy atom. The zero-order valence-corrected chi connectivity index (χ0v) is 14.9. The SMILES string of the molecule is C=CC(I)(c1ccc(Br)cc1)c1ccc(Br)cc1. The third-order valence-corrected chi connectivity index (χ3v) is 5.55. The lowest BCUT2D eigenvalue weighted by Crippen LogP contribution is -2.16. The molecule has 0 saturated heterocycles. The van der Waals surface area contributed by atoms with E-state index in [2.05, 4.69) is 110 Å². The first kappa shape index (κ1) is 14.3. The third-order valence-electron chi connectivity index (χ3n) is 2.81. The number of rotatable bonds is 3. The lowest BCUT2D eigenvalue weighted by molar-refractivity contribution is 0.988. The van der Waals surface area contributed by atoms with Crippen LogP contribution in [0.5, 0.6) is 0 Å². The van der Waals surface area contributed by atoms with E-state index in [1.807, 2.05) is 6.08 Å². The highest BCUT2D eigenvalue weighted by atomic mass is 127. The molecule has 0 heterocycles. The number of hydrogen-bond acceptors (Lipinski definition) is 0. The van der Waals surface area contributed by atoms with Gasteiger partial charge in [0, 0.05) is 8.95 Å². The van der Waals surface area contributed by atoms with Crippen LogP contribution in [0.15, 0.2) is 70.1 Å². The van der Waals surface area contributed by atoms with Crippen molar-refractivity contribution in [3.8, 4) is 0 Å². The molecular weight excluding hydrogens is 467 g/mol. The molecule has 0 fully saturated rings. The fourth-order valence-electron chi connectivity index (χ4n) is 1.79. The summed E-state index contributed by atoms with van der Waals surface area (Å²) in [6, 6.07) is 16.7. The van der Waals surface area contributed by atoms with Crippen molar-refractivity contribution in [2.75, 3.05) is 0 Å². The van der Waals surface area contributed by atoms with E-state index in [9.17, 15) is 0 Å². The molecule has 0 unspecified atom stereocenters. The molecule has 0 aliphatic rings. The molecule has 0 aliphatic carbocycles. The largest absolute Gasteiger partial charge is 0.101 e. The molecule has 92 valence electrons. The predicted octanol–water partition coefficient (Wildman–Crippen LogP) is 6.08. The normalized spacial score (nSPS) is 11.3. The van der Waals surface area contributed by atoms with Gasteiger partial charge in [-0.15, -0.1) is 6.58 Å². The fourth-order valence-corrected chi connectivity index (χ4v) is 3.04. The average Bonchev–Trinajstić information content (AvgIpc) is 2.39. The van der Waals surface area contributed by atoms with E-state index < -0.39 is 0 Å². The van der Waals surface area contributed by atoms with Crippen molar-refractivity contribution in [2.45, 2.75) is 3.42 Å². The number of alkyl halides is 1. The average molecular weight is 478 g/mol. The first-order valence-electron chi connectivity index (χ1n) is 5.41. The summed E-state index contributed by atoms with van der Waals surface area (Å²) in [5, 5.41) is 0. The summed E-state index contributed by atoms with van der Waals surface area (Å²) in [6.45, 7) is 4.00. The summed E-state index contributed by atoms with van der Waals surface area (Å²) in [6.07, 6.45) is 1.99. The molecule has 2 aromatic rings. The molecule has 0 aromatic heterocycles. The van der Waals surface area contributed by atoms with E-state index in [-0.39, 0.29) is 3.42 Å². The Morgan fingerprint density at radius 1 is 0.833 bits per heavy atom. The van der Waals surface area contributed by atoms with Crippen LogP contribution < -0.4 is 0 Å². The van der Waals surface area contributed by atoms with E-state index in [4.69, 9.17) is 0 Å². The third kappa shape index (κ3) is 2.89. The maximum atomic E-state index is 4.00. The zero-order chi connectivity index (χ0) is 13.2. The van der Waals surface area contributed by atoms with E-state index >= 15 is 0 Å². The van der Waals surface area contributed by atoms with Crippen LogP contribution in [-0.2, 0) is 3.42 Å². The van der Waals surface area contributed by atoms with Gasteiger partial charge in [0.15, 0.2) is 0 Å². The topological polar surface area (TPSA) is 0 Å². The standard InChI is InChI=1S/C15H11Br2I/c1-2-15(18,11-3-7-13(16)8-4-11)12-5-9-14(17)10-6-12/h2-10H,1H2. The summed E-state index contributed by atoms with van der Waals surface area (Å²) >= 11 is 9.38. The van der Waals surface area contributed by atoms with Crippen LogP contribution >= 0.6 is 54.5 Å². The molecule has 0 atom stereocenters. The van der Waals surface area contributed by atoms with Crippen molar-refractivity contribution in [3.05, 3.63) is 81.3 Å². The van der Waals surface area contributed by atoms with Crippen LogP contribution in [0.3, 0.4) is 0 Å². The van der Waals surface area contributed by atoms with Crippen LogP contribution in [0.2, 0.25) is 0 Å². The summed E-state index contributed by atoms with van der Waals surface area (Å²) in [5.74, 6) is 0. The second-order valence-corrected chi connectivity index (χ2v) is 7.46. The highest BCUT2D eigenvalue weighted by Crippen LogP contribution is 2.40. The van der Waals surface area contributed by atoms with Gasteiger partial charge in [-0.2, -0.15) is 0 Å². The summed E-state index contributed by atoms with van der Waals surface area (Å²) in [4.78, 5) is 0. The predicted molar refractivity (Wildman–Crippen MR) is 93.3 cm³/mol. The van der Waals surface area contributed by atoms with E-state index in [1.54, 1.807) is 0 Å². The molecule has 0 nitrogen and oxygen atoms in total. The van der Waals surface area contributed by atoms with Gasteiger partial charge in [0.05, 0.1) is 3.42 Å². The van der Waals surface area contributed by atoms with Crippen LogP contribution in [0, 0.1) is 0 Å².